The average Bonchev–Trinajstić information content (AvgIpc) is 2.63. The highest BCUT2D eigenvalue weighted by Gasteiger charge is 2.13. The first-order valence-corrected chi connectivity index (χ1v) is 7.83. The molecule has 3 aromatic rings. The molecule has 0 radical (unpaired) electrons. The zero-order chi connectivity index (χ0) is 17.6. The number of rotatable bonds is 3. The second kappa shape index (κ2) is 7.40. The molecule has 2 N–H and O–H groups in total. The summed E-state index contributed by atoms with van der Waals surface area (Å²) in [7, 11) is 0. The monoisotopic (exact) mass is 331 g/mol. The number of nitrogens with one attached hydrogen (secondary N) is 2. The number of hydrazone groups is 1. The van der Waals surface area contributed by atoms with Gasteiger partial charge in [-0.15, -0.1) is 0 Å². The molecule has 0 saturated carbocycles. The molecule has 25 heavy (non-hydrogen) atoms. The SMILES string of the molecule is Cc1ccccc1NC(=O)C(=O)N/N=C\c1cccc2ccccc12. The van der Waals surface area contributed by atoms with Crippen molar-refractivity contribution in [3.63, 3.8) is 0 Å². The van der Waals surface area contributed by atoms with Gasteiger partial charge in [0.15, 0.2) is 0 Å². The molecule has 0 spiro atoms. The molecular formula is C20H17N3O2. The van der Waals surface area contributed by atoms with Gasteiger partial charge < -0.3 is 5.32 Å². The zero-order valence-electron chi connectivity index (χ0n) is 13.7. The van der Waals surface area contributed by atoms with Crippen LogP contribution in [-0.4, -0.2) is 18.0 Å². The predicted octanol–water partition coefficient (Wildman–Crippen LogP) is 3.24. The lowest BCUT2D eigenvalue weighted by Crippen LogP contribution is -2.32. The standard InChI is InChI=1S/C20H17N3O2/c1-14-7-2-5-12-18(14)22-19(24)20(25)23-21-13-16-10-6-9-15-8-3-4-11-17(15)16/h2-13H,1H3,(H,22,24)(H,23,25)/b21-13-. The number of nitrogens with zero attached hydrogens (tertiary/aromatic N) is 1. The van der Waals surface area contributed by atoms with E-state index in [1.807, 2.05) is 61.5 Å². The lowest BCUT2D eigenvalue weighted by molar-refractivity contribution is -0.136. The van der Waals surface area contributed by atoms with Crippen molar-refractivity contribution in [2.24, 2.45) is 5.10 Å². The Morgan fingerprint density at radius 3 is 2.44 bits per heavy atom. The first kappa shape index (κ1) is 16.4. The number of anilines is 1. The van der Waals surface area contributed by atoms with Crippen LogP contribution >= 0.6 is 0 Å². The lowest BCUT2D eigenvalue weighted by atomic mass is 10.1. The summed E-state index contributed by atoms with van der Waals surface area (Å²) >= 11 is 0. The molecule has 0 aliphatic rings. The van der Waals surface area contributed by atoms with Crippen molar-refractivity contribution in [1.82, 2.24) is 5.43 Å². The minimum atomic E-state index is -0.820. The van der Waals surface area contributed by atoms with Crippen molar-refractivity contribution in [1.29, 1.82) is 0 Å². The molecule has 0 bridgehead atoms. The summed E-state index contributed by atoms with van der Waals surface area (Å²) in [5.74, 6) is -1.58. The minimum Gasteiger partial charge on any atom is -0.317 e. The third kappa shape index (κ3) is 3.90. The van der Waals surface area contributed by atoms with Gasteiger partial charge in [-0.1, -0.05) is 60.7 Å². The van der Waals surface area contributed by atoms with Crippen molar-refractivity contribution in [3.05, 3.63) is 77.9 Å². The molecule has 0 aromatic heterocycles. The van der Waals surface area contributed by atoms with Gasteiger partial charge in [0.25, 0.3) is 0 Å². The zero-order valence-corrected chi connectivity index (χ0v) is 13.7. The van der Waals surface area contributed by atoms with Gasteiger partial charge in [0.1, 0.15) is 0 Å². The Bertz CT molecular complexity index is 959. The van der Waals surface area contributed by atoms with Crippen molar-refractivity contribution in [2.75, 3.05) is 5.32 Å². The highest BCUT2D eigenvalue weighted by molar-refractivity contribution is 6.39. The van der Waals surface area contributed by atoms with Gasteiger partial charge in [-0.3, -0.25) is 9.59 Å². The summed E-state index contributed by atoms with van der Waals surface area (Å²) in [6, 6.07) is 20.9. The van der Waals surface area contributed by atoms with E-state index in [0.717, 1.165) is 21.9 Å². The van der Waals surface area contributed by atoms with Crippen LogP contribution in [0.15, 0.2) is 71.8 Å². The molecule has 0 fully saturated rings. The number of hydrogen-bond donors (Lipinski definition) is 2. The normalized spacial score (nSPS) is 10.8. The Kier molecular flexibility index (Phi) is 4.85. The first-order chi connectivity index (χ1) is 12.1. The van der Waals surface area contributed by atoms with Crippen molar-refractivity contribution in [3.8, 4) is 0 Å². The van der Waals surface area contributed by atoms with Crippen LogP contribution < -0.4 is 10.7 Å². The Balaban J connectivity index is 1.66. The fourth-order valence-electron chi connectivity index (χ4n) is 2.47. The molecule has 124 valence electrons. The van der Waals surface area contributed by atoms with Crippen molar-refractivity contribution in [2.45, 2.75) is 6.92 Å². The molecule has 0 heterocycles. The highest BCUT2D eigenvalue weighted by atomic mass is 16.2. The number of carbonyl (C=O) groups excluding carboxylic acids is 2. The third-order valence-corrected chi connectivity index (χ3v) is 3.79. The molecule has 5 heteroatoms. The van der Waals surface area contributed by atoms with E-state index in [-0.39, 0.29) is 0 Å². The Morgan fingerprint density at radius 2 is 1.60 bits per heavy atom. The summed E-state index contributed by atoms with van der Waals surface area (Å²) in [6.45, 7) is 1.85. The first-order valence-electron chi connectivity index (χ1n) is 7.83. The second-order valence-electron chi connectivity index (χ2n) is 5.54. The van der Waals surface area contributed by atoms with E-state index in [1.54, 1.807) is 12.1 Å². The maximum Gasteiger partial charge on any atom is 0.329 e. The van der Waals surface area contributed by atoms with Crippen molar-refractivity contribution < 1.29 is 9.59 Å². The van der Waals surface area contributed by atoms with E-state index >= 15 is 0 Å². The molecule has 3 rings (SSSR count). The van der Waals surface area contributed by atoms with Gasteiger partial charge >= 0.3 is 11.8 Å². The van der Waals surface area contributed by atoms with Gasteiger partial charge in [0.2, 0.25) is 0 Å². The molecule has 2 amide bonds. The number of para-hydroxylation sites is 1. The smallest absolute Gasteiger partial charge is 0.317 e. The van der Waals surface area contributed by atoms with Crippen LogP contribution in [-0.2, 0) is 9.59 Å². The average molecular weight is 331 g/mol. The summed E-state index contributed by atoms with van der Waals surface area (Å²) in [4.78, 5) is 23.8. The molecule has 5 nitrogen and oxygen atoms in total. The summed E-state index contributed by atoms with van der Waals surface area (Å²) in [5, 5.41) is 8.55. The maximum atomic E-state index is 11.9. The third-order valence-electron chi connectivity index (χ3n) is 3.79. The minimum absolute atomic E-state index is 0.598. The number of fused-ring (bicyclic) bond motifs is 1. The predicted molar refractivity (Wildman–Crippen MR) is 99.5 cm³/mol. The summed E-state index contributed by atoms with van der Waals surface area (Å²) in [6.07, 6.45) is 1.53. The second-order valence-corrected chi connectivity index (χ2v) is 5.54. The molecule has 0 unspecified atom stereocenters. The van der Waals surface area contributed by atoms with Crippen LogP contribution in [0.25, 0.3) is 10.8 Å². The summed E-state index contributed by atoms with van der Waals surface area (Å²) in [5.41, 5.74) is 4.59. The number of amides is 2. The van der Waals surface area contributed by atoms with Crippen LogP contribution in [0.3, 0.4) is 0 Å². The van der Waals surface area contributed by atoms with Gasteiger partial charge in [0, 0.05) is 11.3 Å². The van der Waals surface area contributed by atoms with E-state index in [1.165, 1.54) is 6.21 Å². The van der Waals surface area contributed by atoms with Crippen LogP contribution in [0.4, 0.5) is 5.69 Å². The van der Waals surface area contributed by atoms with E-state index in [9.17, 15) is 9.59 Å². The van der Waals surface area contributed by atoms with Crippen LogP contribution in [0, 0.1) is 6.92 Å². The van der Waals surface area contributed by atoms with Crippen molar-refractivity contribution >= 4 is 34.5 Å². The largest absolute Gasteiger partial charge is 0.329 e. The number of hydrogen-bond acceptors (Lipinski definition) is 3. The lowest BCUT2D eigenvalue weighted by Gasteiger charge is -2.06. The Hall–Kier alpha value is -3.47. The highest BCUT2D eigenvalue weighted by Crippen LogP contribution is 2.16. The molecule has 3 aromatic carbocycles. The van der Waals surface area contributed by atoms with E-state index in [2.05, 4.69) is 15.8 Å². The van der Waals surface area contributed by atoms with E-state index in [0.29, 0.717) is 5.69 Å². The van der Waals surface area contributed by atoms with Gasteiger partial charge in [-0.05, 0) is 29.3 Å². The number of carbonyl (C=O) groups is 2. The van der Waals surface area contributed by atoms with E-state index < -0.39 is 11.8 Å². The fourth-order valence-corrected chi connectivity index (χ4v) is 2.47. The molecular weight excluding hydrogens is 314 g/mol. The topological polar surface area (TPSA) is 70.6 Å². The molecule has 0 atom stereocenters. The Morgan fingerprint density at radius 1 is 0.880 bits per heavy atom. The molecule has 0 aliphatic heterocycles. The maximum absolute atomic E-state index is 11.9. The quantitative estimate of drug-likeness (QED) is 0.439. The van der Waals surface area contributed by atoms with Gasteiger partial charge in [0.05, 0.1) is 6.21 Å². The molecule has 0 aliphatic carbocycles. The fraction of sp³-hybridized carbons (Fsp3) is 0.0500. The number of aryl methyl sites for hydroxylation is 1. The molecule has 0 saturated heterocycles. The van der Waals surface area contributed by atoms with Crippen LogP contribution in [0.1, 0.15) is 11.1 Å². The van der Waals surface area contributed by atoms with E-state index in [4.69, 9.17) is 0 Å². The number of benzene rings is 3. The van der Waals surface area contributed by atoms with Crippen LogP contribution in [0.2, 0.25) is 0 Å². The summed E-state index contributed by atoms with van der Waals surface area (Å²) < 4.78 is 0. The van der Waals surface area contributed by atoms with Crippen LogP contribution in [0.5, 0.6) is 0 Å². The van der Waals surface area contributed by atoms with Gasteiger partial charge in [-0.25, -0.2) is 5.43 Å². The van der Waals surface area contributed by atoms with Gasteiger partial charge in [-0.2, -0.15) is 5.10 Å². The Labute approximate surface area is 145 Å².